The highest BCUT2D eigenvalue weighted by Gasteiger charge is 2.73. The van der Waals surface area contributed by atoms with Crippen molar-refractivity contribution in [2.75, 3.05) is 26.4 Å². The zero-order chi connectivity index (χ0) is 61.7. The Hall–Kier alpha value is -2.75. The number of rotatable bonds is 15. The fourth-order valence-electron chi connectivity index (χ4n) is 16.9. The van der Waals surface area contributed by atoms with Crippen LogP contribution in [0.15, 0.2) is 23.3 Å². The number of esters is 1. The van der Waals surface area contributed by atoms with E-state index < -0.39 is 206 Å². The summed E-state index contributed by atoms with van der Waals surface area (Å²) >= 11 is 0. The molecule has 26 nitrogen and oxygen atoms in total. The molecule has 14 N–H and O–H groups in total. The Morgan fingerprint density at radius 2 is 1.25 bits per heavy atom. The topological polar surface area (TPSA) is 418 Å². The molecule has 30 atom stereocenters. The first kappa shape index (κ1) is 65.7. The fraction of sp³-hybridized carbons (Fsp3) is 0.879. The van der Waals surface area contributed by atoms with Crippen LogP contribution in [0.25, 0.3) is 0 Å². The monoisotopic (exact) mass is 1200 g/mol. The molecular weight excluding hydrogens is 1110 g/mol. The summed E-state index contributed by atoms with van der Waals surface area (Å²) in [4.78, 5) is 40.7. The first-order valence-corrected chi connectivity index (χ1v) is 29.4. The number of hydrogen-bond acceptors (Lipinski definition) is 25. The maximum atomic E-state index is 14.2. The molecule has 1 unspecified atom stereocenters. The molecule has 4 heterocycles. The molecule has 4 aliphatic heterocycles. The molecule has 5 aliphatic carbocycles. The van der Waals surface area contributed by atoms with Gasteiger partial charge in [0, 0.05) is 5.57 Å². The van der Waals surface area contributed by atoms with E-state index in [0.717, 1.165) is 11.9 Å². The van der Waals surface area contributed by atoms with Crippen LogP contribution in [0.4, 0.5) is 0 Å². The molecule has 478 valence electrons. The average molecular weight is 1200 g/mol. The maximum absolute atomic E-state index is 14.2. The summed E-state index contributed by atoms with van der Waals surface area (Å²) in [7, 11) is 0. The van der Waals surface area contributed by atoms with E-state index in [1.54, 1.807) is 26.8 Å². The van der Waals surface area contributed by atoms with Crippen LogP contribution in [-0.2, 0) is 57.0 Å². The Labute approximate surface area is 487 Å². The Balaban J connectivity index is 1.05. The van der Waals surface area contributed by atoms with Crippen molar-refractivity contribution in [2.24, 2.45) is 50.2 Å². The van der Waals surface area contributed by atoms with Crippen LogP contribution in [0.1, 0.15) is 107 Å². The number of aliphatic hydroxyl groups excluding tert-OH is 13. The number of allylic oxidation sites excluding steroid dienone is 3. The van der Waals surface area contributed by atoms with Crippen LogP contribution in [0.3, 0.4) is 0 Å². The number of aliphatic hydroxyl groups is 13. The van der Waals surface area contributed by atoms with Crippen molar-refractivity contribution < 1.29 is 129 Å². The van der Waals surface area contributed by atoms with Gasteiger partial charge in [-0.15, -0.1) is 0 Å². The lowest BCUT2D eigenvalue weighted by molar-refractivity contribution is -0.400. The van der Waals surface area contributed by atoms with Crippen molar-refractivity contribution in [3.63, 3.8) is 0 Å². The highest BCUT2D eigenvalue weighted by molar-refractivity contribution is 5.87. The second-order valence-corrected chi connectivity index (χ2v) is 27.1. The molecular formula is C58H90O26. The van der Waals surface area contributed by atoms with Crippen molar-refractivity contribution in [3.8, 4) is 0 Å². The summed E-state index contributed by atoms with van der Waals surface area (Å²) in [6.07, 6.45) is -32.0. The number of hydrogen-bond donors (Lipinski definition) is 14. The molecule has 0 amide bonds. The summed E-state index contributed by atoms with van der Waals surface area (Å²) < 4.78 is 54.6. The van der Waals surface area contributed by atoms with E-state index in [-0.39, 0.29) is 30.1 Å². The molecule has 8 fully saturated rings. The van der Waals surface area contributed by atoms with Crippen LogP contribution in [-0.4, -0.2) is 251 Å². The van der Waals surface area contributed by atoms with Crippen molar-refractivity contribution in [1.82, 2.24) is 0 Å². The molecule has 0 aromatic heterocycles. The number of carbonyl (C=O) groups is 3. The van der Waals surface area contributed by atoms with Crippen molar-refractivity contribution >= 4 is 18.2 Å². The lowest BCUT2D eigenvalue weighted by Gasteiger charge is -2.72. The molecule has 84 heavy (non-hydrogen) atoms. The smallest absolute Gasteiger partial charge is 0.335 e. The van der Waals surface area contributed by atoms with Crippen LogP contribution < -0.4 is 0 Å². The van der Waals surface area contributed by atoms with E-state index in [2.05, 4.69) is 40.7 Å². The quantitative estimate of drug-likeness (QED) is 0.0272. The molecule has 26 heteroatoms. The molecule has 0 aromatic carbocycles. The Morgan fingerprint density at radius 3 is 1.81 bits per heavy atom. The number of ether oxygens (including phenoxy) is 9. The fourth-order valence-corrected chi connectivity index (χ4v) is 16.9. The molecule has 4 saturated carbocycles. The number of carbonyl (C=O) groups excluding carboxylic acids is 2. The number of carboxylic acids is 1. The van der Waals surface area contributed by atoms with Gasteiger partial charge in [0.1, 0.15) is 97.8 Å². The van der Waals surface area contributed by atoms with E-state index in [0.29, 0.717) is 44.1 Å². The van der Waals surface area contributed by atoms with E-state index in [9.17, 15) is 85.9 Å². The van der Waals surface area contributed by atoms with Gasteiger partial charge in [0.05, 0.1) is 49.5 Å². The minimum atomic E-state index is -2.30. The van der Waals surface area contributed by atoms with Gasteiger partial charge < -0.3 is 119 Å². The third-order valence-electron chi connectivity index (χ3n) is 22.1. The number of aldehydes is 1. The second kappa shape index (κ2) is 24.2. The highest BCUT2D eigenvalue weighted by Crippen LogP contribution is 2.76. The Kier molecular flexibility index (Phi) is 18.9. The summed E-state index contributed by atoms with van der Waals surface area (Å²) in [5.74, 6) is -3.15. The summed E-state index contributed by atoms with van der Waals surface area (Å²) in [6, 6.07) is 0. The van der Waals surface area contributed by atoms with Gasteiger partial charge in [0.25, 0.3) is 0 Å². The average Bonchev–Trinajstić information content (AvgIpc) is 0.764. The zero-order valence-electron chi connectivity index (χ0n) is 48.8. The highest BCUT2D eigenvalue weighted by atomic mass is 16.8. The van der Waals surface area contributed by atoms with Gasteiger partial charge >= 0.3 is 11.9 Å². The number of aliphatic carboxylic acids is 1. The van der Waals surface area contributed by atoms with E-state index in [1.165, 1.54) is 0 Å². The van der Waals surface area contributed by atoms with Crippen LogP contribution in [0.2, 0.25) is 0 Å². The lowest BCUT2D eigenvalue weighted by atomic mass is 9.33. The lowest BCUT2D eigenvalue weighted by Crippen LogP contribution is -2.70. The van der Waals surface area contributed by atoms with Gasteiger partial charge in [-0.05, 0) is 105 Å². The predicted molar refractivity (Wildman–Crippen MR) is 284 cm³/mol. The molecule has 0 radical (unpaired) electrons. The third kappa shape index (κ3) is 10.7. The van der Waals surface area contributed by atoms with Gasteiger partial charge in [0.15, 0.2) is 31.3 Å². The van der Waals surface area contributed by atoms with E-state index in [1.807, 2.05) is 0 Å². The first-order chi connectivity index (χ1) is 39.4. The maximum Gasteiger partial charge on any atom is 0.335 e. The summed E-state index contributed by atoms with van der Waals surface area (Å²) in [5.41, 5.74) is -3.14. The van der Waals surface area contributed by atoms with Gasteiger partial charge in [-0.3, -0.25) is 0 Å². The summed E-state index contributed by atoms with van der Waals surface area (Å²) in [5, 5.41) is 154. The number of fused-ring (bicyclic) bond motifs is 7. The SMILES string of the molecule is C/C=C(/C)C(=O)O[C@H]1CC(C)(C)C[C@H]2C3=CC[C@@H]4[C@@]5(C)CC[C@H](O[C@@H]6O[C@H](C(=O)O)[C@@H](O)[C@H](O[C@@H]7OC[C@H](O)[C@H](O)[C@H]7O[C@@H]7O[C@H](CO)[C@@H](O)[C@H](O)C7O)[C@H]6O[C@@H]6O[C@H](CO)[C@H](O)[C@H](O)[C@H]6O)[C@@](C)(C=O)[C@@H]5CC[C@@]4(C)[C@]3(C)C[C@@H](O)[C@@]12CO. The van der Waals surface area contributed by atoms with Crippen molar-refractivity contribution in [2.45, 2.75) is 242 Å². The van der Waals surface area contributed by atoms with Crippen molar-refractivity contribution in [3.05, 3.63) is 23.3 Å². The zero-order valence-corrected chi connectivity index (χ0v) is 48.8. The largest absolute Gasteiger partial charge is 0.479 e. The standard InChI is InChI=1S/C58H90O26/c1-9-24(2)48(75)79-34-18-53(3,4)16-26-25-10-11-31-54(5)14-13-33(55(6,22-61)30(54)12-15-56(31,7)57(25,8)17-32(64)58(26,34)23-62)80-52-46(84-50-41(71)39(69)37(67)29(20-60)78-50)43(42(72)44(82-52)47(73)74)81-51-45(35(65)27(63)21-76-51)83-49-40(70)38(68)36(66)28(19-59)77-49/h9-10,22,26-46,49-52,59-60,62-72H,11-21,23H2,1-8H3,(H,73,74)/b24-9-/t26-,27-,28+,29+,30+,31+,32+,33-,34-,35-,36+,37-,38-,39-,40?,41+,42-,43-,44-,45+,46+,49-,50-,51-,52+,54-,55-,56+,57+,58-/m0/s1. The van der Waals surface area contributed by atoms with Crippen LogP contribution >= 0.6 is 0 Å². The van der Waals surface area contributed by atoms with Crippen molar-refractivity contribution in [1.29, 1.82) is 0 Å². The molecule has 9 aliphatic rings. The summed E-state index contributed by atoms with van der Waals surface area (Å²) in [6.45, 7) is 13.1. The third-order valence-corrected chi connectivity index (χ3v) is 22.1. The minimum absolute atomic E-state index is 0.103. The van der Waals surface area contributed by atoms with Gasteiger partial charge in [-0.1, -0.05) is 59.3 Å². The first-order valence-electron chi connectivity index (χ1n) is 29.4. The predicted octanol–water partition coefficient (Wildman–Crippen LogP) is -2.19. The van der Waals surface area contributed by atoms with Gasteiger partial charge in [-0.25, -0.2) is 9.59 Å². The molecule has 0 spiro atoms. The normalized spacial score (nSPS) is 52.1. The van der Waals surface area contributed by atoms with E-state index >= 15 is 0 Å². The molecule has 0 bridgehead atoms. The molecule has 9 rings (SSSR count). The number of carboxylic acid groups (broad SMARTS) is 1. The van der Waals surface area contributed by atoms with Gasteiger partial charge in [-0.2, -0.15) is 0 Å². The van der Waals surface area contributed by atoms with Crippen LogP contribution in [0.5, 0.6) is 0 Å². The second-order valence-electron chi connectivity index (χ2n) is 27.1. The minimum Gasteiger partial charge on any atom is -0.479 e. The van der Waals surface area contributed by atoms with Gasteiger partial charge in [0.2, 0.25) is 0 Å². The molecule has 0 aromatic rings. The van der Waals surface area contributed by atoms with Crippen LogP contribution in [0, 0.1) is 50.2 Å². The Bertz CT molecular complexity index is 2440. The molecule has 4 saturated heterocycles. The van der Waals surface area contributed by atoms with E-state index in [4.69, 9.17) is 42.6 Å². The Morgan fingerprint density at radius 1 is 0.655 bits per heavy atom.